The number of hydrogen-bond donors (Lipinski definition) is 3. The van der Waals surface area contributed by atoms with Crippen LogP contribution < -0.4 is 0 Å². The Balaban J connectivity index is 0.000000429. The van der Waals surface area contributed by atoms with Crippen molar-refractivity contribution in [3.05, 3.63) is 0 Å². The molecule has 3 aliphatic carbocycles. The van der Waals surface area contributed by atoms with Crippen LogP contribution in [0.2, 0.25) is 0 Å². The largest absolute Gasteiger partial charge is 0.344 e. The first-order valence-electron chi connectivity index (χ1n) is 11.7. The highest BCUT2D eigenvalue weighted by molar-refractivity contribution is 7.58. The van der Waals surface area contributed by atoms with Crippen LogP contribution >= 0.6 is 22.1 Å². The van der Waals surface area contributed by atoms with Gasteiger partial charge in [0, 0.05) is 54.3 Å². The van der Waals surface area contributed by atoms with E-state index in [9.17, 15) is 28.4 Å². The third-order valence-electron chi connectivity index (χ3n) is 6.76. The van der Waals surface area contributed by atoms with E-state index in [-0.39, 0.29) is 34.3 Å². The lowest BCUT2D eigenvalue weighted by atomic mass is 10.0. The summed E-state index contributed by atoms with van der Waals surface area (Å²) in [6, 6.07) is 0. The van der Waals surface area contributed by atoms with Crippen molar-refractivity contribution in [3.63, 3.8) is 0 Å². The fourth-order valence-corrected chi connectivity index (χ4v) is 8.65. The predicted molar refractivity (Wildman–Crippen MR) is 134 cm³/mol. The lowest BCUT2D eigenvalue weighted by Gasteiger charge is -2.23. The molecule has 3 aliphatic rings. The lowest BCUT2D eigenvalue weighted by Crippen LogP contribution is -2.11. The molecule has 31 heavy (non-hydrogen) atoms. The van der Waals surface area contributed by atoms with Gasteiger partial charge in [-0.2, -0.15) is 0 Å². The minimum Gasteiger partial charge on any atom is -0.344 e. The molecule has 6 nitrogen and oxygen atoms in total. The van der Waals surface area contributed by atoms with Crippen LogP contribution in [0.3, 0.4) is 0 Å². The van der Waals surface area contributed by atoms with Crippen LogP contribution in [-0.2, 0) is 13.7 Å². The SMILES string of the molecule is CP(=O)(O)C1CCCCC1.CP(=O)(O)C1CCCCC1.CP(=O)(O)C1CCCCC1.[Al]. The van der Waals surface area contributed by atoms with Crippen molar-refractivity contribution < 1.29 is 28.4 Å². The van der Waals surface area contributed by atoms with Crippen LogP contribution in [0, 0.1) is 0 Å². The summed E-state index contributed by atoms with van der Waals surface area (Å²) in [4.78, 5) is 27.6. The van der Waals surface area contributed by atoms with Crippen molar-refractivity contribution in [1.29, 1.82) is 0 Å². The van der Waals surface area contributed by atoms with Gasteiger partial charge in [-0.3, -0.25) is 13.7 Å². The van der Waals surface area contributed by atoms with Crippen molar-refractivity contribution in [2.75, 3.05) is 20.0 Å². The van der Waals surface area contributed by atoms with Gasteiger partial charge in [-0.05, 0) is 38.5 Å². The van der Waals surface area contributed by atoms with Gasteiger partial charge in [-0.25, -0.2) is 0 Å². The zero-order chi connectivity index (χ0) is 22.8. The Morgan fingerprint density at radius 2 is 0.613 bits per heavy atom. The molecule has 3 fully saturated rings. The van der Waals surface area contributed by atoms with Gasteiger partial charge >= 0.3 is 0 Å². The van der Waals surface area contributed by atoms with Gasteiger partial charge in [-0.1, -0.05) is 57.8 Å². The molecule has 0 heterocycles. The molecule has 3 N–H and O–H groups in total. The maximum absolute atomic E-state index is 11.1. The molecule has 10 heteroatoms. The van der Waals surface area contributed by atoms with E-state index in [1.165, 1.54) is 39.3 Å². The first-order valence-corrected chi connectivity index (χ1v) is 18.2. The smallest absolute Gasteiger partial charge is 0.200 e. The molecule has 0 saturated heterocycles. The third-order valence-corrected chi connectivity index (χ3v) is 12.4. The first kappa shape index (κ1) is 32.1. The third kappa shape index (κ3) is 14.2. The van der Waals surface area contributed by atoms with Crippen LogP contribution in [0.15, 0.2) is 0 Å². The van der Waals surface area contributed by atoms with E-state index in [0.717, 1.165) is 77.0 Å². The van der Waals surface area contributed by atoms with Gasteiger partial charge < -0.3 is 14.7 Å². The predicted octanol–water partition coefficient (Wildman–Crippen LogP) is 6.28. The van der Waals surface area contributed by atoms with Crippen LogP contribution in [0.1, 0.15) is 96.3 Å². The van der Waals surface area contributed by atoms with Gasteiger partial charge in [0.1, 0.15) is 0 Å². The summed E-state index contributed by atoms with van der Waals surface area (Å²) < 4.78 is 33.4. The summed E-state index contributed by atoms with van der Waals surface area (Å²) >= 11 is 0. The zero-order valence-electron chi connectivity index (χ0n) is 19.8. The molecule has 0 aliphatic heterocycles. The van der Waals surface area contributed by atoms with E-state index in [1.54, 1.807) is 0 Å². The maximum atomic E-state index is 11.1. The van der Waals surface area contributed by atoms with Gasteiger partial charge in [0.2, 0.25) is 22.1 Å². The highest BCUT2D eigenvalue weighted by Gasteiger charge is 2.28. The highest BCUT2D eigenvalue weighted by Crippen LogP contribution is 2.49. The van der Waals surface area contributed by atoms with Crippen molar-refractivity contribution in [2.45, 2.75) is 113 Å². The van der Waals surface area contributed by atoms with Crippen LogP contribution in [-0.4, -0.2) is 69.0 Å². The van der Waals surface area contributed by atoms with Gasteiger partial charge in [0.25, 0.3) is 0 Å². The summed E-state index contributed by atoms with van der Waals surface area (Å²) in [6.45, 7) is 4.47. The molecule has 0 amide bonds. The zero-order valence-corrected chi connectivity index (χ0v) is 23.7. The lowest BCUT2D eigenvalue weighted by molar-refractivity contribution is 0.426. The summed E-state index contributed by atoms with van der Waals surface area (Å²) in [6.07, 6.45) is 16.4. The Bertz CT molecular complexity index is 523. The second-order valence-electron chi connectivity index (χ2n) is 9.71. The molecule has 3 unspecified atom stereocenters. The van der Waals surface area contributed by atoms with E-state index < -0.39 is 22.1 Å². The molecule has 3 saturated carbocycles. The Morgan fingerprint density at radius 1 is 0.452 bits per heavy atom. The van der Waals surface area contributed by atoms with Crippen molar-refractivity contribution in [1.82, 2.24) is 0 Å². The van der Waals surface area contributed by atoms with E-state index in [0.29, 0.717) is 0 Å². The first-order chi connectivity index (χ1) is 13.8. The number of hydrogen-bond acceptors (Lipinski definition) is 3. The molecule has 3 atom stereocenters. The summed E-state index contributed by atoms with van der Waals surface area (Å²) in [5.41, 5.74) is 0.337. The molecular formula is C21H45AlO6P3. The van der Waals surface area contributed by atoms with Crippen molar-refractivity contribution in [3.8, 4) is 0 Å². The summed E-state index contributed by atoms with van der Waals surface area (Å²) in [5, 5.41) is 0. The molecule has 0 aromatic carbocycles. The Kier molecular flexibility index (Phi) is 15.7. The molecule has 0 aromatic heterocycles. The Hall–Kier alpha value is 1.10. The minimum absolute atomic E-state index is 0. The van der Waals surface area contributed by atoms with Crippen LogP contribution in [0.4, 0.5) is 0 Å². The molecule has 3 rings (SSSR count). The fourth-order valence-electron chi connectivity index (χ4n) is 4.68. The quantitative estimate of drug-likeness (QED) is 0.303. The maximum Gasteiger partial charge on any atom is 0.200 e. The summed E-state index contributed by atoms with van der Waals surface area (Å²) in [5.74, 6) is 0. The van der Waals surface area contributed by atoms with Crippen molar-refractivity contribution in [2.24, 2.45) is 0 Å². The molecule has 0 bridgehead atoms. The van der Waals surface area contributed by atoms with E-state index >= 15 is 0 Å². The van der Waals surface area contributed by atoms with Gasteiger partial charge in [0.15, 0.2) is 0 Å². The van der Waals surface area contributed by atoms with Crippen LogP contribution in [0.25, 0.3) is 0 Å². The Labute approximate surface area is 200 Å². The van der Waals surface area contributed by atoms with Crippen LogP contribution in [0.5, 0.6) is 0 Å². The van der Waals surface area contributed by atoms with Gasteiger partial charge in [-0.15, -0.1) is 0 Å². The normalized spacial score (nSPS) is 26.9. The molecule has 3 radical (unpaired) electrons. The molecular weight excluding hydrogens is 468 g/mol. The fraction of sp³-hybridized carbons (Fsp3) is 1.00. The molecule has 0 aromatic rings. The topological polar surface area (TPSA) is 112 Å². The van der Waals surface area contributed by atoms with E-state index in [2.05, 4.69) is 0 Å². The second kappa shape index (κ2) is 15.2. The monoisotopic (exact) mass is 513 g/mol. The average molecular weight is 513 g/mol. The highest BCUT2D eigenvalue weighted by atomic mass is 31.2. The Morgan fingerprint density at radius 3 is 0.710 bits per heavy atom. The van der Waals surface area contributed by atoms with E-state index in [4.69, 9.17) is 0 Å². The summed E-state index contributed by atoms with van der Waals surface area (Å²) in [7, 11) is -8.22. The van der Waals surface area contributed by atoms with E-state index in [1.807, 2.05) is 0 Å². The molecule has 183 valence electrons. The van der Waals surface area contributed by atoms with Gasteiger partial charge in [0.05, 0.1) is 0 Å². The minimum atomic E-state index is -2.74. The number of rotatable bonds is 3. The average Bonchev–Trinajstić information content (AvgIpc) is 2.69. The molecule has 0 spiro atoms. The second-order valence-corrected chi connectivity index (χ2v) is 17.6. The van der Waals surface area contributed by atoms with Crippen molar-refractivity contribution >= 4 is 39.5 Å². The standard InChI is InChI=1S/3C7H15O2P.Al/c3*1-10(8,9)7-5-3-2-4-6-7;/h3*7H,2-6H2,1H3,(H,8,9);.